The van der Waals surface area contributed by atoms with Crippen molar-refractivity contribution in [2.24, 2.45) is 5.41 Å². The van der Waals surface area contributed by atoms with Gasteiger partial charge in [-0.15, -0.1) is 0 Å². The predicted octanol–water partition coefficient (Wildman–Crippen LogP) is 5.09. The average molecular weight is 350 g/mol. The molecule has 0 atom stereocenters. The molecule has 0 unspecified atom stereocenters. The average Bonchev–Trinajstić information content (AvgIpc) is 2.72. The lowest BCUT2D eigenvalue weighted by atomic mass is 9.82. The first kappa shape index (κ1) is 12.6. The number of benzene rings is 1. The molecular weight excluding hydrogens is 335 g/mol. The van der Waals surface area contributed by atoms with Crippen LogP contribution < -0.4 is 0 Å². The molecule has 0 heterocycles. The second-order valence-electron chi connectivity index (χ2n) is 4.75. The maximum atomic E-state index is 13.8. The summed E-state index contributed by atoms with van der Waals surface area (Å²) in [6.07, 6.45) is 5.85. The highest BCUT2D eigenvalue weighted by atomic mass is 79.9. The molecule has 0 spiro atoms. The molecule has 1 aromatic carbocycles. The summed E-state index contributed by atoms with van der Waals surface area (Å²) in [5.74, 6) is -0.0819. The number of hydrogen-bond donors (Lipinski definition) is 0. The van der Waals surface area contributed by atoms with Gasteiger partial charge in [0, 0.05) is 9.80 Å². The summed E-state index contributed by atoms with van der Waals surface area (Å²) in [6.45, 7) is 0. The van der Waals surface area contributed by atoms with Crippen LogP contribution in [0.25, 0.3) is 0 Å². The van der Waals surface area contributed by atoms with Crippen LogP contribution in [-0.4, -0.2) is 5.33 Å². The number of hydrogen-bond acceptors (Lipinski definition) is 0. The van der Waals surface area contributed by atoms with Crippen molar-refractivity contribution in [2.75, 3.05) is 5.33 Å². The van der Waals surface area contributed by atoms with E-state index in [2.05, 4.69) is 31.9 Å². The molecule has 1 fully saturated rings. The van der Waals surface area contributed by atoms with E-state index >= 15 is 0 Å². The van der Waals surface area contributed by atoms with Crippen molar-refractivity contribution in [1.82, 2.24) is 0 Å². The van der Waals surface area contributed by atoms with Crippen molar-refractivity contribution in [2.45, 2.75) is 32.1 Å². The molecule has 88 valence electrons. The van der Waals surface area contributed by atoms with E-state index in [0.29, 0.717) is 0 Å². The summed E-state index contributed by atoms with van der Waals surface area (Å²) in [4.78, 5) is 0. The standard InChI is InChI=1S/C13H15Br2F/c14-9-13(5-1-2-6-13)8-10-3-4-11(15)7-12(10)16/h3-4,7H,1-2,5-6,8-9H2. The smallest absolute Gasteiger partial charge is 0.127 e. The Morgan fingerprint density at radius 3 is 2.50 bits per heavy atom. The lowest BCUT2D eigenvalue weighted by Gasteiger charge is -2.26. The third-order valence-electron chi connectivity index (χ3n) is 3.53. The summed E-state index contributed by atoms with van der Waals surface area (Å²) in [6, 6.07) is 5.39. The Bertz CT molecular complexity index is 370. The van der Waals surface area contributed by atoms with Crippen LogP contribution in [0.3, 0.4) is 0 Å². The van der Waals surface area contributed by atoms with Crippen LogP contribution in [0, 0.1) is 11.2 Å². The van der Waals surface area contributed by atoms with Gasteiger partial charge < -0.3 is 0 Å². The maximum Gasteiger partial charge on any atom is 0.127 e. The van der Waals surface area contributed by atoms with Gasteiger partial charge >= 0.3 is 0 Å². The molecule has 1 aliphatic carbocycles. The molecule has 2 rings (SSSR count). The molecule has 0 amide bonds. The van der Waals surface area contributed by atoms with Gasteiger partial charge in [-0.2, -0.15) is 0 Å². The minimum atomic E-state index is -0.0819. The summed E-state index contributed by atoms with van der Waals surface area (Å²) in [5, 5.41) is 0.982. The van der Waals surface area contributed by atoms with Crippen molar-refractivity contribution < 1.29 is 4.39 Å². The van der Waals surface area contributed by atoms with E-state index in [1.165, 1.54) is 25.7 Å². The molecule has 0 N–H and O–H groups in total. The zero-order valence-corrected chi connectivity index (χ0v) is 12.3. The minimum absolute atomic E-state index is 0.0819. The first-order valence-corrected chi connectivity index (χ1v) is 7.57. The zero-order chi connectivity index (χ0) is 11.6. The normalized spacial score (nSPS) is 18.9. The third-order valence-corrected chi connectivity index (χ3v) is 5.21. The van der Waals surface area contributed by atoms with Crippen molar-refractivity contribution in [3.05, 3.63) is 34.1 Å². The SMILES string of the molecule is Fc1cc(Br)ccc1CC1(CBr)CCCC1. The molecule has 3 heteroatoms. The highest BCUT2D eigenvalue weighted by Gasteiger charge is 2.33. The zero-order valence-electron chi connectivity index (χ0n) is 9.11. The quantitative estimate of drug-likeness (QED) is 0.667. The van der Waals surface area contributed by atoms with Crippen LogP contribution in [-0.2, 0) is 6.42 Å². The van der Waals surface area contributed by atoms with E-state index in [-0.39, 0.29) is 11.2 Å². The molecule has 0 saturated heterocycles. The molecule has 1 saturated carbocycles. The molecule has 0 aliphatic heterocycles. The van der Waals surface area contributed by atoms with Gasteiger partial charge in [0.1, 0.15) is 5.82 Å². The van der Waals surface area contributed by atoms with Crippen LogP contribution in [0.1, 0.15) is 31.2 Å². The molecule has 0 nitrogen and oxygen atoms in total. The van der Waals surface area contributed by atoms with E-state index in [9.17, 15) is 4.39 Å². The second-order valence-corrected chi connectivity index (χ2v) is 6.23. The Balaban J connectivity index is 2.19. The first-order chi connectivity index (χ1) is 7.65. The largest absolute Gasteiger partial charge is 0.207 e. The van der Waals surface area contributed by atoms with Crippen molar-refractivity contribution in [1.29, 1.82) is 0 Å². The first-order valence-electron chi connectivity index (χ1n) is 5.65. The fourth-order valence-corrected chi connectivity index (χ4v) is 3.64. The molecule has 16 heavy (non-hydrogen) atoms. The minimum Gasteiger partial charge on any atom is -0.207 e. The van der Waals surface area contributed by atoms with Gasteiger partial charge in [0.15, 0.2) is 0 Å². The fraction of sp³-hybridized carbons (Fsp3) is 0.538. The van der Waals surface area contributed by atoms with E-state index in [1.54, 1.807) is 6.07 Å². The topological polar surface area (TPSA) is 0 Å². The number of rotatable bonds is 3. The highest BCUT2D eigenvalue weighted by Crippen LogP contribution is 2.42. The predicted molar refractivity (Wildman–Crippen MR) is 72.5 cm³/mol. The van der Waals surface area contributed by atoms with Crippen LogP contribution in [0.5, 0.6) is 0 Å². The van der Waals surface area contributed by atoms with Gasteiger partial charge in [0.25, 0.3) is 0 Å². The molecule has 0 radical (unpaired) electrons. The molecule has 0 aromatic heterocycles. The highest BCUT2D eigenvalue weighted by molar-refractivity contribution is 9.10. The van der Waals surface area contributed by atoms with E-state index in [0.717, 1.165) is 21.8 Å². The molecule has 0 bridgehead atoms. The molecule has 1 aliphatic rings. The van der Waals surface area contributed by atoms with E-state index in [4.69, 9.17) is 0 Å². The summed E-state index contributed by atoms with van der Waals surface area (Å²) in [5.41, 5.74) is 1.14. The lowest BCUT2D eigenvalue weighted by molar-refractivity contribution is 0.341. The Labute approximate surface area is 113 Å². The Morgan fingerprint density at radius 2 is 1.94 bits per heavy atom. The Hall–Kier alpha value is 0.110. The van der Waals surface area contributed by atoms with Crippen LogP contribution >= 0.6 is 31.9 Å². The van der Waals surface area contributed by atoms with Gasteiger partial charge in [0.2, 0.25) is 0 Å². The van der Waals surface area contributed by atoms with Gasteiger partial charge in [0.05, 0.1) is 0 Å². The number of halogens is 3. The summed E-state index contributed by atoms with van der Waals surface area (Å²) >= 11 is 6.89. The van der Waals surface area contributed by atoms with Gasteiger partial charge in [-0.3, -0.25) is 0 Å². The summed E-state index contributed by atoms with van der Waals surface area (Å²) < 4.78 is 14.6. The second kappa shape index (κ2) is 5.18. The van der Waals surface area contributed by atoms with Gasteiger partial charge in [-0.05, 0) is 42.4 Å². The van der Waals surface area contributed by atoms with Crippen LogP contribution in [0.4, 0.5) is 4.39 Å². The van der Waals surface area contributed by atoms with E-state index < -0.39 is 0 Å². The van der Waals surface area contributed by atoms with Gasteiger partial charge in [-0.1, -0.05) is 50.8 Å². The monoisotopic (exact) mass is 348 g/mol. The van der Waals surface area contributed by atoms with Gasteiger partial charge in [-0.25, -0.2) is 4.39 Å². The van der Waals surface area contributed by atoms with Crippen LogP contribution in [0.15, 0.2) is 22.7 Å². The molecule has 1 aromatic rings. The lowest BCUT2D eigenvalue weighted by Crippen LogP contribution is -2.22. The van der Waals surface area contributed by atoms with Crippen LogP contribution in [0.2, 0.25) is 0 Å². The van der Waals surface area contributed by atoms with Crippen molar-refractivity contribution in [3.8, 4) is 0 Å². The van der Waals surface area contributed by atoms with E-state index in [1.807, 2.05) is 12.1 Å². The summed E-state index contributed by atoms with van der Waals surface area (Å²) in [7, 11) is 0. The Morgan fingerprint density at radius 1 is 1.25 bits per heavy atom. The maximum absolute atomic E-state index is 13.8. The third kappa shape index (κ3) is 2.67. The van der Waals surface area contributed by atoms with Crippen molar-refractivity contribution >= 4 is 31.9 Å². The molecular formula is C13H15Br2F. The van der Waals surface area contributed by atoms with Crippen molar-refractivity contribution in [3.63, 3.8) is 0 Å². The fourth-order valence-electron chi connectivity index (χ4n) is 2.55. The number of alkyl halides is 1. The Kier molecular flexibility index (Phi) is 4.06.